The molecule has 0 aliphatic heterocycles. The fourth-order valence-electron chi connectivity index (χ4n) is 3.74. The van der Waals surface area contributed by atoms with Gasteiger partial charge in [-0.15, -0.1) is 0 Å². The van der Waals surface area contributed by atoms with E-state index in [0.717, 1.165) is 44.6 Å². The van der Waals surface area contributed by atoms with E-state index in [2.05, 4.69) is 38.4 Å². The molecule has 0 bridgehead atoms. The first-order chi connectivity index (χ1) is 15.6. The van der Waals surface area contributed by atoms with Crippen molar-refractivity contribution in [3.8, 4) is 28.1 Å². The molecule has 1 aromatic carbocycles. The number of pyridine rings is 1. The summed E-state index contributed by atoms with van der Waals surface area (Å²) in [6.45, 7) is 2.57. The van der Waals surface area contributed by atoms with E-state index in [9.17, 15) is 0 Å². The van der Waals surface area contributed by atoms with Gasteiger partial charge in [-0.25, -0.2) is 9.97 Å². The quantitative estimate of drug-likeness (QED) is 0.411. The largest absolute Gasteiger partial charge is 0.494 e. The summed E-state index contributed by atoms with van der Waals surface area (Å²) in [4.78, 5) is 14.0. The second kappa shape index (κ2) is 8.22. The van der Waals surface area contributed by atoms with Gasteiger partial charge in [0.25, 0.3) is 0 Å². The molecular weight excluding hydrogens is 402 g/mol. The fraction of sp³-hybridized carbons (Fsp3) is 0.208. The predicted octanol–water partition coefficient (Wildman–Crippen LogP) is 3.82. The topological polar surface area (TPSA) is 83.5 Å². The monoisotopic (exact) mass is 425 g/mol. The molecule has 5 aromatic rings. The smallest absolute Gasteiger partial charge is 0.133 e. The molecule has 4 heterocycles. The Labute approximate surface area is 185 Å². The SMILES string of the molecule is CCOc1cc(-c2cnn(C)c2)ccc1Cc1ncc2ccnc(-c3cnn(C)c3)c2n1. The Balaban J connectivity index is 1.52. The van der Waals surface area contributed by atoms with Crippen LogP contribution in [-0.2, 0) is 20.5 Å². The van der Waals surface area contributed by atoms with Gasteiger partial charge >= 0.3 is 0 Å². The normalized spacial score (nSPS) is 11.2. The summed E-state index contributed by atoms with van der Waals surface area (Å²) in [5.41, 5.74) is 5.69. The van der Waals surface area contributed by atoms with Crippen LogP contribution in [0.2, 0.25) is 0 Å². The molecule has 8 nitrogen and oxygen atoms in total. The minimum atomic E-state index is 0.556. The Morgan fingerprint density at radius 1 is 0.875 bits per heavy atom. The van der Waals surface area contributed by atoms with Crippen molar-refractivity contribution in [2.75, 3.05) is 6.61 Å². The molecule has 4 aromatic heterocycles. The highest BCUT2D eigenvalue weighted by molar-refractivity contribution is 5.90. The Kier molecular flexibility index (Phi) is 5.10. The van der Waals surface area contributed by atoms with Crippen molar-refractivity contribution < 1.29 is 4.74 Å². The molecule has 0 radical (unpaired) electrons. The van der Waals surface area contributed by atoms with E-state index in [-0.39, 0.29) is 0 Å². The molecule has 5 rings (SSSR count). The lowest BCUT2D eigenvalue weighted by molar-refractivity contribution is 0.337. The van der Waals surface area contributed by atoms with Crippen molar-refractivity contribution in [2.45, 2.75) is 13.3 Å². The lowest BCUT2D eigenvalue weighted by Gasteiger charge is -2.12. The number of ether oxygens (including phenoxy) is 1. The zero-order valence-electron chi connectivity index (χ0n) is 18.2. The zero-order valence-corrected chi connectivity index (χ0v) is 18.2. The van der Waals surface area contributed by atoms with E-state index in [1.54, 1.807) is 21.8 Å². The number of aryl methyl sites for hydroxylation is 2. The van der Waals surface area contributed by atoms with Crippen molar-refractivity contribution >= 4 is 10.9 Å². The standard InChI is InChI=1S/C24H23N7O/c1-4-32-21-9-16(19-12-27-30(2)14-19)5-6-17(21)10-22-26-11-18-7-8-25-23(24(18)29-22)20-13-28-31(3)15-20/h5-9,11-15H,4,10H2,1-3H3. The molecule has 0 fully saturated rings. The fourth-order valence-corrected chi connectivity index (χ4v) is 3.74. The van der Waals surface area contributed by atoms with Gasteiger partial charge in [0.2, 0.25) is 0 Å². The molecule has 0 aliphatic rings. The van der Waals surface area contributed by atoms with Crippen LogP contribution in [0.3, 0.4) is 0 Å². The van der Waals surface area contributed by atoms with Crippen LogP contribution in [-0.4, -0.2) is 41.1 Å². The van der Waals surface area contributed by atoms with Gasteiger partial charge in [-0.1, -0.05) is 12.1 Å². The highest BCUT2D eigenvalue weighted by Crippen LogP contribution is 2.29. The third-order valence-corrected chi connectivity index (χ3v) is 5.28. The van der Waals surface area contributed by atoms with Crippen molar-refractivity contribution in [2.24, 2.45) is 14.1 Å². The van der Waals surface area contributed by atoms with Crippen LogP contribution in [0.1, 0.15) is 18.3 Å². The third kappa shape index (κ3) is 3.82. The van der Waals surface area contributed by atoms with Gasteiger partial charge in [-0.2, -0.15) is 10.2 Å². The summed E-state index contributed by atoms with van der Waals surface area (Å²) in [5.74, 6) is 1.54. The van der Waals surface area contributed by atoms with E-state index in [1.807, 2.05) is 51.9 Å². The molecular formula is C24H23N7O. The first kappa shape index (κ1) is 19.9. The lowest BCUT2D eigenvalue weighted by atomic mass is 10.0. The van der Waals surface area contributed by atoms with Crippen LogP contribution in [0.25, 0.3) is 33.3 Å². The summed E-state index contributed by atoms with van der Waals surface area (Å²) >= 11 is 0. The molecule has 0 amide bonds. The minimum absolute atomic E-state index is 0.556. The maximum atomic E-state index is 5.96. The van der Waals surface area contributed by atoms with Crippen molar-refractivity contribution in [3.63, 3.8) is 0 Å². The van der Waals surface area contributed by atoms with E-state index in [0.29, 0.717) is 18.9 Å². The number of benzene rings is 1. The molecule has 0 unspecified atom stereocenters. The second-order valence-electron chi connectivity index (χ2n) is 7.62. The summed E-state index contributed by atoms with van der Waals surface area (Å²) < 4.78 is 9.51. The summed E-state index contributed by atoms with van der Waals surface area (Å²) in [5, 5.41) is 9.48. The van der Waals surface area contributed by atoms with E-state index in [4.69, 9.17) is 9.72 Å². The lowest BCUT2D eigenvalue weighted by Crippen LogP contribution is -2.02. The van der Waals surface area contributed by atoms with Crippen molar-refractivity contribution in [3.05, 3.63) is 72.8 Å². The van der Waals surface area contributed by atoms with Crippen LogP contribution in [0.5, 0.6) is 5.75 Å². The Morgan fingerprint density at radius 2 is 1.66 bits per heavy atom. The highest BCUT2D eigenvalue weighted by Gasteiger charge is 2.13. The van der Waals surface area contributed by atoms with Crippen LogP contribution in [0.15, 0.2) is 61.4 Å². The Morgan fingerprint density at radius 3 is 2.38 bits per heavy atom. The summed E-state index contributed by atoms with van der Waals surface area (Å²) in [7, 11) is 3.80. The average molecular weight is 425 g/mol. The molecule has 0 aliphatic carbocycles. The van der Waals surface area contributed by atoms with Crippen LogP contribution in [0, 0.1) is 0 Å². The zero-order chi connectivity index (χ0) is 22.1. The first-order valence-electron chi connectivity index (χ1n) is 10.4. The van der Waals surface area contributed by atoms with Crippen LogP contribution in [0.4, 0.5) is 0 Å². The van der Waals surface area contributed by atoms with Gasteiger partial charge in [-0.3, -0.25) is 14.3 Å². The Hall–Kier alpha value is -4.07. The second-order valence-corrected chi connectivity index (χ2v) is 7.62. The van der Waals surface area contributed by atoms with Gasteiger partial charge in [0.15, 0.2) is 0 Å². The molecule has 32 heavy (non-hydrogen) atoms. The average Bonchev–Trinajstić information content (AvgIpc) is 3.43. The van der Waals surface area contributed by atoms with Crippen LogP contribution < -0.4 is 4.74 Å². The van der Waals surface area contributed by atoms with Gasteiger partial charge in [0.1, 0.15) is 17.1 Å². The van der Waals surface area contributed by atoms with Gasteiger partial charge in [0, 0.05) is 67.4 Å². The van der Waals surface area contributed by atoms with Gasteiger partial charge < -0.3 is 4.74 Å². The molecule has 8 heteroatoms. The third-order valence-electron chi connectivity index (χ3n) is 5.28. The molecule has 0 saturated heterocycles. The summed E-state index contributed by atoms with van der Waals surface area (Å²) in [6, 6.07) is 8.14. The summed E-state index contributed by atoms with van der Waals surface area (Å²) in [6.07, 6.45) is 11.8. The maximum absolute atomic E-state index is 5.96. The number of hydrogen-bond acceptors (Lipinski definition) is 6. The number of hydrogen-bond donors (Lipinski definition) is 0. The maximum Gasteiger partial charge on any atom is 0.133 e. The Bertz CT molecular complexity index is 1400. The van der Waals surface area contributed by atoms with Crippen LogP contribution >= 0.6 is 0 Å². The number of rotatable bonds is 6. The minimum Gasteiger partial charge on any atom is -0.494 e. The molecule has 0 atom stereocenters. The molecule has 0 spiro atoms. The molecule has 160 valence electrons. The van der Waals surface area contributed by atoms with E-state index < -0.39 is 0 Å². The number of nitrogens with zero attached hydrogens (tertiary/aromatic N) is 7. The van der Waals surface area contributed by atoms with Crippen molar-refractivity contribution in [1.82, 2.24) is 34.5 Å². The van der Waals surface area contributed by atoms with Gasteiger partial charge in [0.05, 0.1) is 24.7 Å². The van der Waals surface area contributed by atoms with Crippen molar-refractivity contribution in [1.29, 1.82) is 0 Å². The van der Waals surface area contributed by atoms with Gasteiger partial charge in [-0.05, 0) is 24.6 Å². The number of fused-ring (bicyclic) bond motifs is 1. The first-order valence-corrected chi connectivity index (χ1v) is 10.4. The van der Waals surface area contributed by atoms with E-state index in [1.165, 1.54) is 0 Å². The highest BCUT2D eigenvalue weighted by atomic mass is 16.5. The number of aromatic nitrogens is 7. The predicted molar refractivity (Wildman–Crippen MR) is 122 cm³/mol. The molecule has 0 N–H and O–H groups in total. The molecule has 0 saturated carbocycles. The van der Waals surface area contributed by atoms with E-state index >= 15 is 0 Å².